The van der Waals surface area contributed by atoms with E-state index in [2.05, 4.69) is 15.2 Å². The van der Waals surface area contributed by atoms with Gasteiger partial charge >= 0.3 is 5.97 Å². The fourth-order valence-corrected chi connectivity index (χ4v) is 2.20. The van der Waals surface area contributed by atoms with Crippen molar-refractivity contribution in [3.8, 4) is 0 Å². The molecule has 2 rings (SSSR count). The van der Waals surface area contributed by atoms with Crippen molar-refractivity contribution in [3.05, 3.63) is 29.2 Å². The third-order valence-corrected chi connectivity index (χ3v) is 3.25. The molecule has 20 heavy (non-hydrogen) atoms. The lowest BCUT2D eigenvalue weighted by Crippen LogP contribution is -2.25. The number of esters is 1. The highest BCUT2D eigenvalue weighted by atomic mass is 16.5. The average Bonchev–Trinajstić information content (AvgIpc) is 2.72. The van der Waals surface area contributed by atoms with E-state index in [0.717, 1.165) is 43.4 Å². The topological polar surface area (TPSA) is 81.4 Å². The largest absolute Gasteiger partial charge is 0.466 e. The maximum atomic E-state index is 12.0. The number of rotatable bonds is 4. The Balaban J connectivity index is 1.94. The molecule has 1 aliphatic carbocycles. The van der Waals surface area contributed by atoms with Crippen LogP contribution in [0, 0.1) is 0 Å². The SMILES string of the molecule is COC(=O)C=CCNC(=O)c1noc2c1CCCCC2. The Kier molecular flexibility index (Phi) is 4.92. The smallest absolute Gasteiger partial charge is 0.330 e. The molecule has 0 aromatic carbocycles. The van der Waals surface area contributed by atoms with E-state index in [1.165, 1.54) is 19.3 Å². The van der Waals surface area contributed by atoms with Crippen LogP contribution in [0.25, 0.3) is 0 Å². The van der Waals surface area contributed by atoms with Gasteiger partial charge in [-0.3, -0.25) is 4.79 Å². The van der Waals surface area contributed by atoms with Gasteiger partial charge in [-0.05, 0) is 19.3 Å². The van der Waals surface area contributed by atoms with Gasteiger partial charge in [0, 0.05) is 24.6 Å². The summed E-state index contributed by atoms with van der Waals surface area (Å²) in [6.07, 6.45) is 7.75. The lowest BCUT2D eigenvalue weighted by Gasteiger charge is -2.01. The normalized spacial score (nSPS) is 14.7. The first kappa shape index (κ1) is 14.3. The molecule has 0 saturated heterocycles. The zero-order valence-electron chi connectivity index (χ0n) is 11.5. The van der Waals surface area contributed by atoms with Gasteiger partial charge in [-0.15, -0.1) is 0 Å². The summed E-state index contributed by atoms with van der Waals surface area (Å²) < 4.78 is 9.70. The highest BCUT2D eigenvalue weighted by molar-refractivity contribution is 5.94. The predicted molar refractivity (Wildman–Crippen MR) is 71.3 cm³/mol. The van der Waals surface area contributed by atoms with E-state index in [9.17, 15) is 9.59 Å². The molecule has 1 N–H and O–H groups in total. The van der Waals surface area contributed by atoms with Crippen LogP contribution in [0.15, 0.2) is 16.7 Å². The zero-order valence-corrected chi connectivity index (χ0v) is 11.5. The molecule has 108 valence electrons. The molecular formula is C14H18N2O4. The maximum absolute atomic E-state index is 12.0. The lowest BCUT2D eigenvalue weighted by atomic mass is 10.1. The number of methoxy groups -OCH3 is 1. The number of fused-ring (bicyclic) bond motifs is 1. The van der Waals surface area contributed by atoms with Gasteiger partial charge in [-0.1, -0.05) is 17.7 Å². The van der Waals surface area contributed by atoms with E-state index in [-0.39, 0.29) is 12.5 Å². The van der Waals surface area contributed by atoms with Crippen molar-refractivity contribution in [2.75, 3.05) is 13.7 Å². The standard InChI is InChI=1S/C14H18N2O4/c1-19-12(17)8-5-9-15-14(18)13-10-6-3-2-4-7-11(10)20-16-13/h5,8H,2-4,6-7,9H2,1H3,(H,15,18). The number of hydrogen-bond donors (Lipinski definition) is 1. The number of hydrogen-bond acceptors (Lipinski definition) is 5. The van der Waals surface area contributed by atoms with Crippen molar-refractivity contribution in [2.24, 2.45) is 0 Å². The Labute approximate surface area is 117 Å². The zero-order chi connectivity index (χ0) is 14.4. The molecule has 0 spiro atoms. The van der Waals surface area contributed by atoms with Gasteiger partial charge in [0.15, 0.2) is 5.69 Å². The minimum absolute atomic E-state index is 0.246. The fourth-order valence-electron chi connectivity index (χ4n) is 2.20. The second-order valence-electron chi connectivity index (χ2n) is 4.63. The molecule has 1 aromatic rings. The number of aromatic nitrogens is 1. The average molecular weight is 278 g/mol. The van der Waals surface area contributed by atoms with Crippen molar-refractivity contribution >= 4 is 11.9 Å². The number of carbonyl (C=O) groups is 2. The Bertz CT molecular complexity index is 519. The van der Waals surface area contributed by atoms with Crippen LogP contribution in [0.2, 0.25) is 0 Å². The van der Waals surface area contributed by atoms with Gasteiger partial charge in [-0.2, -0.15) is 0 Å². The molecule has 1 aliphatic rings. The summed E-state index contributed by atoms with van der Waals surface area (Å²) in [6, 6.07) is 0. The van der Waals surface area contributed by atoms with Gasteiger partial charge < -0.3 is 14.6 Å². The molecular weight excluding hydrogens is 260 g/mol. The van der Waals surface area contributed by atoms with Gasteiger partial charge in [0.2, 0.25) is 0 Å². The fraction of sp³-hybridized carbons (Fsp3) is 0.500. The summed E-state index contributed by atoms with van der Waals surface area (Å²) in [4.78, 5) is 22.9. The molecule has 1 heterocycles. The van der Waals surface area contributed by atoms with E-state index in [0.29, 0.717) is 5.69 Å². The van der Waals surface area contributed by atoms with Crippen LogP contribution in [-0.2, 0) is 22.4 Å². The van der Waals surface area contributed by atoms with Crippen molar-refractivity contribution in [1.82, 2.24) is 10.5 Å². The molecule has 0 bridgehead atoms. The summed E-state index contributed by atoms with van der Waals surface area (Å²) in [7, 11) is 1.30. The summed E-state index contributed by atoms with van der Waals surface area (Å²) in [5.41, 5.74) is 1.30. The van der Waals surface area contributed by atoms with E-state index in [1.807, 2.05) is 0 Å². The molecule has 6 nitrogen and oxygen atoms in total. The van der Waals surface area contributed by atoms with E-state index in [4.69, 9.17) is 4.52 Å². The lowest BCUT2D eigenvalue weighted by molar-refractivity contribution is -0.134. The number of ether oxygens (including phenoxy) is 1. The summed E-state index contributed by atoms with van der Waals surface area (Å²) >= 11 is 0. The van der Waals surface area contributed by atoms with Crippen molar-refractivity contribution in [3.63, 3.8) is 0 Å². The Morgan fingerprint density at radius 1 is 1.35 bits per heavy atom. The number of nitrogens with one attached hydrogen (secondary N) is 1. The quantitative estimate of drug-likeness (QED) is 0.511. The molecule has 0 radical (unpaired) electrons. The van der Waals surface area contributed by atoms with Crippen molar-refractivity contribution in [2.45, 2.75) is 32.1 Å². The monoisotopic (exact) mass is 278 g/mol. The van der Waals surface area contributed by atoms with Gasteiger partial charge in [-0.25, -0.2) is 4.79 Å². The molecule has 1 amide bonds. The number of aryl methyl sites for hydroxylation is 1. The van der Waals surface area contributed by atoms with Gasteiger partial charge in [0.1, 0.15) is 5.76 Å². The van der Waals surface area contributed by atoms with Crippen molar-refractivity contribution in [1.29, 1.82) is 0 Å². The van der Waals surface area contributed by atoms with E-state index in [1.54, 1.807) is 0 Å². The Hall–Kier alpha value is -2.11. The Morgan fingerprint density at radius 2 is 2.15 bits per heavy atom. The molecule has 0 atom stereocenters. The predicted octanol–water partition coefficient (Wildman–Crippen LogP) is 1.40. The van der Waals surface area contributed by atoms with Crippen LogP contribution >= 0.6 is 0 Å². The first-order valence-electron chi connectivity index (χ1n) is 6.72. The van der Waals surface area contributed by atoms with Crippen LogP contribution in [0.3, 0.4) is 0 Å². The van der Waals surface area contributed by atoms with E-state index >= 15 is 0 Å². The van der Waals surface area contributed by atoms with Crippen LogP contribution in [0.4, 0.5) is 0 Å². The highest BCUT2D eigenvalue weighted by Crippen LogP contribution is 2.23. The van der Waals surface area contributed by atoms with Gasteiger partial charge in [0.25, 0.3) is 5.91 Å². The molecule has 0 aliphatic heterocycles. The summed E-state index contributed by atoms with van der Waals surface area (Å²) in [5, 5.41) is 6.55. The third-order valence-electron chi connectivity index (χ3n) is 3.25. The molecule has 0 unspecified atom stereocenters. The van der Waals surface area contributed by atoms with Gasteiger partial charge in [0.05, 0.1) is 7.11 Å². The maximum Gasteiger partial charge on any atom is 0.330 e. The minimum Gasteiger partial charge on any atom is -0.466 e. The molecule has 0 fully saturated rings. The summed E-state index contributed by atoms with van der Waals surface area (Å²) in [6.45, 7) is 0.246. The highest BCUT2D eigenvalue weighted by Gasteiger charge is 2.22. The first-order valence-corrected chi connectivity index (χ1v) is 6.72. The number of nitrogens with zero attached hydrogens (tertiary/aromatic N) is 1. The van der Waals surface area contributed by atoms with Crippen LogP contribution in [-0.4, -0.2) is 30.7 Å². The minimum atomic E-state index is -0.449. The van der Waals surface area contributed by atoms with Crippen LogP contribution in [0.5, 0.6) is 0 Å². The molecule has 0 saturated carbocycles. The molecule has 6 heteroatoms. The number of amides is 1. The molecule has 1 aromatic heterocycles. The second-order valence-corrected chi connectivity index (χ2v) is 4.63. The summed E-state index contributed by atoms with van der Waals surface area (Å²) in [5.74, 6) is 0.110. The number of carbonyl (C=O) groups excluding carboxylic acids is 2. The van der Waals surface area contributed by atoms with Crippen molar-refractivity contribution < 1.29 is 18.8 Å². The second kappa shape index (κ2) is 6.88. The third kappa shape index (κ3) is 3.46. The van der Waals surface area contributed by atoms with Crippen LogP contribution < -0.4 is 5.32 Å². The Morgan fingerprint density at radius 3 is 2.95 bits per heavy atom. The first-order chi connectivity index (χ1) is 9.72. The van der Waals surface area contributed by atoms with E-state index < -0.39 is 5.97 Å². The van der Waals surface area contributed by atoms with Crippen LogP contribution in [0.1, 0.15) is 41.1 Å².